The van der Waals surface area contributed by atoms with Crippen LogP contribution in [0, 0.1) is 20.8 Å². The first-order valence-corrected chi connectivity index (χ1v) is 12.3. The molecule has 3 aromatic rings. The van der Waals surface area contributed by atoms with Gasteiger partial charge in [-0.25, -0.2) is 9.67 Å². The molecule has 8 nitrogen and oxygen atoms in total. The summed E-state index contributed by atoms with van der Waals surface area (Å²) in [5.74, 6) is 0.864. The smallest absolute Gasteiger partial charge is 0.277 e. The van der Waals surface area contributed by atoms with Gasteiger partial charge in [0, 0.05) is 39.8 Å². The summed E-state index contributed by atoms with van der Waals surface area (Å²) in [7, 11) is 3.31. The highest BCUT2D eigenvalue weighted by Gasteiger charge is 2.27. The summed E-state index contributed by atoms with van der Waals surface area (Å²) in [6.07, 6.45) is 0.967. The minimum Gasteiger partial charge on any atom is -0.497 e. The molecule has 1 aliphatic heterocycles. The standard InChI is InChI=1S/C25H31N5O3S/c1-16-17(2)27-28(4)24(31)21(16)23-26-18(3)22(34-23)25(32)30-14-12-29(13-15-30)11-10-19-6-8-20(33-5)9-7-19/h6-9H,10-15H2,1-5H3. The van der Waals surface area contributed by atoms with Crippen LogP contribution in [0.4, 0.5) is 0 Å². The molecular weight excluding hydrogens is 450 g/mol. The van der Waals surface area contributed by atoms with Gasteiger partial charge in [0.1, 0.15) is 15.6 Å². The Labute approximate surface area is 203 Å². The van der Waals surface area contributed by atoms with E-state index in [4.69, 9.17) is 4.74 Å². The van der Waals surface area contributed by atoms with Crippen molar-refractivity contribution in [1.82, 2.24) is 24.6 Å². The fourth-order valence-electron chi connectivity index (χ4n) is 4.20. The predicted molar refractivity (Wildman–Crippen MR) is 134 cm³/mol. The van der Waals surface area contributed by atoms with E-state index < -0.39 is 0 Å². The van der Waals surface area contributed by atoms with Crippen molar-refractivity contribution in [2.75, 3.05) is 39.8 Å². The van der Waals surface area contributed by atoms with Gasteiger partial charge in [0.05, 0.1) is 24.1 Å². The highest BCUT2D eigenvalue weighted by atomic mass is 32.1. The van der Waals surface area contributed by atoms with Gasteiger partial charge < -0.3 is 9.64 Å². The average Bonchev–Trinajstić information content (AvgIpc) is 3.22. The molecule has 0 bridgehead atoms. The number of hydrogen-bond donors (Lipinski definition) is 0. The lowest BCUT2D eigenvalue weighted by Gasteiger charge is -2.34. The Hall–Kier alpha value is -3.04. The molecule has 2 aromatic heterocycles. The zero-order valence-electron chi connectivity index (χ0n) is 20.4. The van der Waals surface area contributed by atoms with Crippen LogP contribution in [0.1, 0.15) is 32.2 Å². The molecule has 1 fully saturated rings. The average molecular weight is 482 g/mol. The number of carbonyl (C=O) groups is 1. The number of thiazole rings is 1. The largest absolute Gasteiger partial charge is 0.497 e. The maximum absolute atomic E-state index is 13.3. The Bertz CT molecular complexity index is 1240. The fraction of sp³-hybridized carbons (Fsp3) is 0.440. The molecule has 34 heavy (non-hydrogen) atoms. The van der Waals surface area contributed by atoms with E-state index in [9.17, 15) is 9.59 Å². The third-order valence-electron chi connectivity index (χ3n) is 6.47. The quantitative estimate of drug-likeness (QED) is 0.539. The Morgan fingerprint density at radius 1 is 1.06 bits per heavy atom. The Morgan fingerprint density at radius 3 is 2.38 bits per heavy atom. The molecule has 9 heteroatoms. The van der Waals surface area contributed by atoms with Crippen molar-refractivity contribution in [2.24, 2.45) is 7.05 Å². The Morgan fingerprint density at radius 2 is 1.74 bits per heavy atom. The zero-order chi connectivity index (χ0) is 24.4. The molecule has 180 valence electrons. The van der Waals surface area contributed by atoms with Crippen molar-refractivity contribution < 1.29 is 9.53 Å². The summed E-state index contributed by atoms with van der Waals surface area (Å²) in [4.78, 5) is 35.5. The van der Waals surface area contributed by atoms with Crippen molar-refractivity contribution in [3.8, 4) is 16.3 Å². The van der Waals surface area contributed by atoms with Crippen LogP contribution in [0.5, 0.6) is 5.75 Å². The number of hydrogen-bond acceptors (Lipinski definition) is 7. The molecule has 0 spiro atoms. The summed E-state index contributed by atoms with van der Waals surface area (Å²) >= 11 is 1.30. The van der Waals surface area contributed by atoms with Crippen LogP contribution in [-0.4, -0.2) is 70.3 Å². The SMILES string of the molecule is COc1ccc(CCN2CCN(C(=O)c3sc(-c4c(C)c(C)nn(C)c4=O)nc3C)CC2)cc1. The van der Waals surface area contributed by atoms with Crippen LogP contribution in [0.15, 0.2) is 29.1 Å². The van der Waals surface area contributed by atoms with Gasteiger partial charge in [0.2, 0.25) is 0 Å². The van der Waals surface area contributed by atoms with E-state index in [0.717, 1.165) is 43.1 Å². The summed E-state index contributed by atoms with van der Waals surface area (Å²) < 4.78 is 6.55. The number of benzene rings is 1. The number of piperazine rings is 1. The zero-order valence-corrected chi connectivity index (χ0v) is 21.2. The number of aryl methyl sites for hydroxylation is 3. The summed E-state index contributed by atoms with van der Waals surface area (Å²) in [5.41, 5.74) is 3.87. The first-order valence-electron chi connectivity index (χ1n) is 11.5. The first-order chi connectivity index (χ1) is 16.3. The van der Waals surface area contributed by atoms with Gasteiger partial charge >= 0.3 is 0 Å². The van der Waals surface area contributed by atoms with Crippen LogP contribution < -0.4 is 10.3 Å². The van der Waals surface area contributed by atoms with Crippen molar-refractivity contribution in [2.45, 2.75) is 27.2 Å². The lowest BCUT2D eigenvalue weighted by Crippen LogP contribution is -2.49. The van der Waals surface area contributed by atoms with Gasteiger partial charge in [-0.1, -0.05) is 12.1 Å². The molecule has 1 aliphatic rings. The number of carbonyl (C=O) groups excluding carboxylic acids is 1. The number of methoxy groups -OCH3 is 1. The summed E-state index contributed by atoms with van der Waals surface area (Å²) in [6, 6.07) is 8.18. The molecule has 0 unspecified atom stereocenters. The number of aromatic nitrogens is 3. The van der Waals surface area contributed by atoms with Crippen molar-refractivity contribution in [3.05, 3.63) is 62.0 Å². The normalized spacial score (nSPS) is 14.4. The van der Waals surface area contributed by atoms with E-state index in [0.29, 0.717) is 34.2 Å². The molecule has 4 rings (SSSR count). The predicted octanol–water partition coefficient (Wildman–Crippen LogP) is 2.84. The van der Waals surface area contributed by atoms with Gasteiger partial charge in [-0.3, -0.25) is 14.5 Å². The molecule has 0 aliphatic carbocycles. The maximum atomic E-state index is 13.3. The van der Waals surface area contributed by atoms with E-state index >= 15 is 0 Å². The van der Waals surface area contributed by atoms with Crippen LogP contribution in [0.2, 0.25) is 0 Å². The molecule has 0 atom stereocenters. The summed E-state index contributed by atoms with van der Waals surface area (Å²) in [5, 5.41) is 4.83. The van der Waals surface area contributed by atoms with Gasteiger partial charge in [0.25, 0.3) is 11.5 Å². The fourth-order valence-corrected chi connectivity index (χ4v) is 5.33. The van der Waals surface area contributed by atoms with Crippen molar-refractivity contribution >= 4 is 17.2 Å². The first kappa shape index (κ1) is 24.1. The Kier molecular flexibility index (Phi) is 7.13. The molecule has 3 heterocycles. The van der Waals surface area contributed by atoms with Gasteiger partial charge in [-0.05, 0) is 50.5 Å². The van der Waals surface area contributed by atoms with Crippen molar-refractivity contribution in [1.29, 1.82) is 0 Å². The lowest BCUT2D eigenvalue weighted by molar-refractivity contribution is 0.0642. The minimum atomic E-state index is -0.193. The molecule has 0 N–H and O–H groups in total. The Balaban J connectivity index is 1.40. The lowest BCUT2D eigenvalue weighted by atomic mass is 10.1. The van der Waals surface area contributed by atoms with Crippen LogP contribution in [-0.2, 0) is 13.5 Å². The van der Waals surface area contributed by atoms with E-state index in [-0.39, 0.29) is 11.5 Å². The van der Waals surface area contributed by atoms with Crippen molar-refractivity contribution in [3.63, 3.8) is 0 Å². The van der Waals surface area contributed by atoms with Gasteiger partial charge in [0.15, 0.2) is 0 Å². The number of nitrogens with zero attached hydrogens (tertiary/aromatic N) is 5. The van der Waals surface area contributed by atoms with Crippen LogP contribution >= 0.6 is 11.3 Å². The summed E-state index contributed by atoms with van der Waals surface area (Å²) in [6.45, 7) is 9.60. The highest BCUT2D eigenvalue weighted by Crippen LogP contribution is 2.29. The molecular formula is C25H31N5O3S. The van der Waals surface area contributed by atoms with Gasteiger partial charge in [-0.2, -0.15) is 5.10 Å². The molecule has 0 saturated carbocycles. The second kappa shape index (κ2) is 10.1. The molecule has 1 aromatic carbocycles. The van der Waals surface area contributed by atoms with E-state index in [1.54, 1.807) is 14.2 Å². The van der Waals surface area contributed by atoms with E-state index in [1.165, 1.54) is 21.6 Å². The number of amides is 1. The van der Waals surface area contributed by atoms with Crippen LogP contribution in [0.25, 0.3) is 10.6 Å². The van der Waals surface area contributed by atoms with Gasteiger partial charge in [-0.15, -0.1) is 11.3 Å². The second-order valence-electron chi connectivity index (χ2n) is 8.68. The minimum absolute atomic E-state index is 0.00342. The number of ether oxygens (including phenoxy) is 1. The third-order valence-corrected chi connectivity index (χ3v) is 7.63. The number of rotatable bonds is 6. The van der Waals surface area contributed by atoms with E-state index in [2.05, 4.69) is 27.1 Å². The monoisotopic (exact) mass is 481 g/mol. The topological polar surface area (TPSA) is 80.6 Å². The third kappa shape index (κ3) is 4.90. The van der Waals surface area contributed by atoms with E-state index in [1.807, 2.05) is 37.8 Å². The highest BCUT2D eigenvalue weighted by molar-refractivity contribution is 7.17. The molecule has 1 amide bonds. The second-order valence-corrected chi connectivity index (χ2v) is 9.68. The maximum Gasteiger partial charge on any atom is 0.277 e. The molecule has 0 radical (unpaired) electrons. The van der Waals surface area contributed by atoms with Crippen LogP contribution in [0.3, 0.4) is 0 Å². The molecule has 1 saturated heterocycles.